The van der Waals surface area contributed by atoms with E-state index in [9.17, 15) is 9.59 Å². The zero-order valence-electron chi connectivity index (χ0n) is 17.5. The number of hydrogen-bond donors (Lipinski definition) is 1. The second kappa shape index (κ2) is 9.61. The Morgan fingerprint density at radius 2 is 1.83 bits per heavy atom. The fraction of sp³-hybridized carbons (Fsp3) is 0.375. The maximum atomic E-state index is 13.3. The van der Waals surface area contributed by atoms with Crippen LogP contribution in [-0.4, -0.2) is 44.2 Å². The number of aliphatic imine (C=N–C) groups is 1. The highest BCUT2D eigenvalue weighted by Gasteiger charge is 2.38. The van der Waals surface area contributed by atoms with E-state index in [0.29, 0.717) is 17.8 Å². The van der Waals surface area contributed by atoms with Crippen LogP contribution in [0.2, 0.25) is 0 Å². The van der Waals surface area contributed by atoms with Crippen molar-refractivity contribution in [3.05, 3.63) is 65.2 Å². The summed E-state index contributed by atoms with van der Waals surface area (Å²) in [4.78, 5) is 33.8. The molecule has 29 heavy (non-hydrogen) atoms. The van der Waals surface area contributed by atoms with Crippen LogP contribution in [0.3, 0.4) is 0 Å². The first-order valence-electron chi connectivity index (χ1n) is 10.4. The number of carbonyl (C=O) groups is 2. The van der Waals surface area contributed by atoms with E-state index < -0.39 is 5.92 Å². The average Bonchev–Trinajstić information content (AvgIpc) is 2.73. The molecular weight excluding hydrogens is 362 g/mol. The van der Waals surface area contributed by atoms with Crippen molar-refractivity contribution in [2.24, 2.45) is 4.99 Å². The Hall–Kier alpha value is -2.79. The topological polar surface area (TPSA) is 54.2 Å². The van der Waals surface area contributed by atoms with E-state index in [-0.39, 0.29) is 11.8 Å². The highest BCUT2D eigenvalue weighted by molar-refractivity contribution is 6.29. The first-order valence-corrected chi connectivity index (χ1v) is 10.4. The molecule has 1 N–H and O–H groups in total. The van der Waals surface area contributed by atoms with Crippen molar-refractivity contribution < 1.29 is 14.5 Å². The van der Waals surface area contributed by atoms with Crippen molar-refractivity contribution in [3.8, 4) is 0 Å². The highest BCUT2D eigenvalue weighted by Crippen LogP contribution is 2.32. The number of quaternary nitrogens is 1. The van der Waals surface area contributed by atoms with E-state index in [4.69, 9.17) is 0 Å². The van der Waals surface area contributed by atoms with Crippen LogP contribution in [0.25, 0.3) is 0 Å². The molecule has 0 fully saturated rings. The molecule has 3 rings (SSSR count). The van der Waals surface area contributed by atoms with Crippen molar-refractivity contribution >= 4 is 23.7 Å². The Morgan fingerprint density at radius 1 is 1.07 bits per heavy atom. The van der Waals surface area contributed by atoms with Crippen LogP contribution in [-0.2, 0) is 4.79 Å². The number of imide groups is 1. The van der Waals surface area contributed by atoms with Crippen molar-refractivity contribution in [3.63, 3.8) is 0 Å². The molecule has 0 spiro atoms. The van der Waals surface area contributed by atoms with Crippen LogP contribution in [0.5, 0.6) is 0 Å². The first kappa shape index (κ1) is 20.9. The molecule has 0 saturated heterocycles. The van der Waals surface area contributed by atoms with Gasteiger partial charge in [0, 0.05) is 24.7 Å². The van der Waals surface area contributed by atoms with Crippen LogP contribution in [0.4, 0.5) is 5.69 Å². The lowest BCUT2D eigenvalue weighted by Gasteiger charge is -2.31. The molecule has 5 nitrogen and oxygen atoms in total. The molecule has 1 aliphatic rings. The highest BCUT2D eigenvalue weighted by atomic mass is 16.2. The van der Waals surface area contributed by atoms with E-state index in [1.165, 1.54) is 4.90 Å². The van der Waals surface area contributed by atoms with Crippen LogP contribution in [0.1, 0.15) is 47.7 Å². The Labute approximate surface area is 173 Å². The van der Waals surface area contributed by atoms with Gasteiger partial charge < -0.3 is 4.90 Å². The van der Waals surface area contributed by atoms with Gasteiger partial charge in [0.15, 0.2) is 0 Å². The predicted molar refractivity (Wildman–Crippen MR) is 117 cm³/mol. The third kappa shape index (κ3) is 4.62. The molecule has 5 heteroatoms. The van der Waals surface area contributed by atoms with E-state index in [0.717, 1.165) is 37.2 Å². The number of nitrogens with zero attached hydrogens (tertiary/aromatic N) is 2. The van der Waals surface area contributed by atoms with Crippen LogP contribution >= 0.6 is 0 Å². The SMILES string of the molecule is CC[NH+](CC)CCCN=CC1C(=O)N(c2cccc(C)c2)C(=O)c2ccccc21. The minimum Gasteiger partial charge on any atom is -0.335 e. The quantitative estimate of drug-likeness (QED) is 0.427. The largest absolute Gasteiger partial charge is 0.335 e. The summed E-state index contributed by atoms with van der Waals surface area (Å²) in [6, 6.07) is 14.8. The monoisotopic (exact) mass is 392 g/mol. The van der Waals surface area contributed by atoms with E-state index in [1.807, 2.05) is 43.3 Å². The molecule has 1 heterocycles. The molecule has 1 atom stereocenters. The van der Waals surface area contributed by atoms with Gasteiger partial charge in [-0.2, -0.15) is 0 Å². The number of rotatable bonds is 8. The molecule has 0 aromatic heterocycles. The number of amides is 2. The smallest absolute Gasteiger partial charge is 0.265 e. The van der Waals surface area contributed by atoms with Gasteiger partial charge in [-0.1, -0.05) is 30.3 Å². The minimum absolute atomic E-state index is 0.239. The van der Waals surface area contributed by atoms with Crippen molar-refractivity contribution in [1.29, 1.82) is 0 Å². The molecule has 0 aliphatic carbocycles. The van der Waals surface area contributed by atoms with E-state index >= 15 is 0 Å². The lowest BCUT2D eigenvalue weighted by atomic mass is 9.88. The number of nitrogens with one attached hydrogen (secondary N) is 1. The second-order valence-corrected chi connectivity index (χ2v) is 7.50. The number of aryl methyl sites for hydroxylation is 1. The lowest BCUT2D eigenvalue weighted by Crippen LogP contribution is -3.11. The van der Waals surface area contributed by atoms with Crippen molar-refractivity contribution in [1.82, 2.24) is 0 Å². The van der Waals surface area contributed by atoms with Gasteiger partial charge in [0.05, 0.1) is 31.2 Å². The Kier molecular flexibility index (Phi) is 6.94. The maximum absolute atomic E-state index is 13.3. The standard InChI is InChI=1S/C24H29N3O2/c1-4-26(5-2)15-9-14-25-17-22-20-12-6-7-13-21(20)23(28)27(24(22)29)19-11-8-10-18(3)16-19/h6-8,10-13,16-17,22H,4-5,9,14-15H2,1-3H3/p+1. The fourth-order valence-electron chi connectivity index (χ4n) is 3.82. The number of carbonyl (C=O) groups excluding carboxylic acids is 2. The molecule has 1 unspecified atom stereocenters. The molecule has 0 saturated carbocycles. The molecule has 152 valence electrons. The van der Waals surface area contributed by atoms with Crippen LogP contribution < -0.4 is 9.80 Å². The molecular formula is C24H30N3O2+. The van der Waals surface area contributed by atoms with Gasteiger partial charge in [-0.3, -0.25) is 14.6 Å². The summed E-state index contributed by atoms with van der Waals surface area (Å²) in [6.45, 7) is 10.3. The lowest BCUT2D eigenvalue weighted by molar-refractivity contribution is -0.896. The molecule has 2 aromatic rings. The Balaban J connectivity index is 1.84. The molecule has 0 bridgehead atoms. The zero-order chi connectivity index (χ0) is 20.8. The van der Waals surface area contributed by atoms with Gasteiger partial charge in [-0.05, 0) is 50.1 Å². The summed E-state index contributed by atoms with van der Waals surface area (Å²) < 4.78 is 0. The molecule has 2 aromatic carbocycles. The number of hydrogen-bond acceptors (Lipinski definition) is 3. The van der Waals surface area contributed by atoms with Crippen molar-refractivity contribution in [2.45, 2.75) is 33.1 Å². The summed E-state index contributed by atoms with van der Waals surface area (Å²) in [6.07, 6.45) is 2.71. The van der Waals surface area contributed by atoms with E-state index in [1.54, 1.807) is 23.2 Å². The Bertz CT molecular complexity index is 903. The average molecular weight is 393 g/mol. The van der Waals surface area contributed by atoms with Gasteiger partial charge in [0.2, 0.25) is 5.91 Å². The van der Waals surface area contributed by atoms with Gasteiger partial charge in [0.25, 0.3) is 5.91 Å². The van der Waals surface area contributed by atoms with Gasteiger partial charge in [0.1, 0.15) is 0 Å². The minimum atomic E-state index is -0.537. The van der Waals surface area contributed by atoms with Crippen molar-refractivity contribution in [2.75, 3.05) is 31.1 Å². The number of fused-ring (bicyclic) bond motifs is 1. The third-order valence-electron chi connectivity index (χ3n) is 5.55. The van der Waals surface area contributed by atoms with Gasteiger partial charge in [-0.25, -0.2) is 4.90 Å². The summed E-state index contributed by atoms with van der Waals surface area (Å²) in [7, 11) is 0. The fourth-order valence-corrected chi connectivity index (χ4v) is 3.82. The summed E-state index contributed by atoms with van der Waals surface area (Å²) >= 11 is 0. The zero-order valence-corrected chi connectivity index (χ0v) is 17.5. The van der Waals surface area contributed by atoms with Gasteiger partial charge >= 0.3 is 0 Å². The molecule has 0 radical (unpaired) electrons. The number of anilines is 1. The van der Waals surface area contributed by atoms with Crippen LogP contribution in [0.15, 0.2) is 53.5 Å². The summed E-state index contributed by atoms with van der Waals surface area (Å²) in [5.41, 5.74) is 2.92. The summed E-state index contributed by atoms with van der Waals surface area (Å²) in [5, 5.41) is 0. The predicted octanol–water partition coefficient (Wildman–Crippen LogP) is 2.65. The second-order valence-electron chi connectivity index (χ2n) is 7.50. The summed E-state index contributed by atoms with van der Waals surface area (Å²) in [5.74, 6) is -1.05. The van der Waals surface area contributed by atoms with Gasteiger partial charge in [-0.15, -0.1) is 0 Å². The normalized spacial score (nSPS) is 16.7. The molecule has 2 amide bonds. The maximum Gasteiger partial charge on any atom is 0.265 e. The number of benzene rings is 2. The first-order chi connectivity index (χ1) is 14.1. The third-order valence-corrected chi connectivity index (χ3v) is 5.55. The molecule has 1 aliphatic heterocycles. The van der Waals surface area contributed by atoms with E-state index in [2.05, 4.69) is 18.8 Å². The Morgan fingerprint density at radius 3 is 2.55 bits per heavy atom. The van der Waals surface area contributed by atoms with Crippen LogP contribution in [0, 0.1) is 6.92 Å².